The van der Waals surface area contributed by atoms with Crippen LogP contribution in [0.1, 0.15) is 43.9 Å². The number of hydrogen-bond acceptors (Lipinski definition) is 2. The second-order valence-corrected chi connectivity index (χ2v) is 6.60. The normalized spacial score (nSPS) is 25.6. The van der Waals surface area contributed by atoms with Crippen LogP contribution in [-0.4, -0.2) is 30.1 Å². The van der Waals surface area contributed by atoms with Crippen molar-refractivity contribution in [3.05, 3.63) is 34.9 Å². The van der Waals surface area contributed by atoms with Crippen LogP contribution in [0, 0.1) is 19.8 Å². The Kier molecular flexibility index (Phi) is 5.22. The SMILES string of the molecule is CCC(C)C1CN(Cc2ccc(C)c(C)c2)C(C)CN1. The maximum Gasteiger partial charge on any atom is 0.0237 e. The fraction of sp³-hybridized carbons (Fsp3) is 0.667. The summed E-state index contributed by atoms with van der Waals surface area (Å²) in [5.74, 6) is 0.754. The zero-order valence-electron chi connectivity index (χ0n) is 13.7. The Bertz CT molecular complexity index is 441. The summed E-state index contributed by atoms with van der Waals surface area (Å²) in [4.78, 5) is 2.64. The molecule has 2 heteroatoms. The molecule has 1 saturated heterocycles. The molecule has 1 fully saturated rings. The molecule has 20 heavy (non-hydrogen) atoms. The van der Waals surface area contributed by atoms with E-state index >= 15 is 0 Å². The van der Waals surface area contributed by atoms with E-state index in [2.05, 4.69) is 63.0 Å². The van der Waals surface area contributed by atoms with E-state index in [9.17, 15) is 0 Å². The first kappa shape index (κ1) is 15.5. The molecule has 2 rings (SSSR count). The topological polar surface area (TPSA) is 15.3 Å². The van der Waals surface area contributed by atoms with Gasteiger partial charge in [0, 0.05) is 31.7 Å². The van der Waals surface area contributed by atoms with Gasteiger partial charge in [-0.3, -0.25) is 4.90 Å². The maximum atomic E-state index is 3.71. The lowest BCUT2D eigenvalue weighted by Gasteiger charge is -2.41. The minimum absolute atomic E-state index is 0.622. The molecule has 1 N–H and O–H groups in total. The highest BCUT2D eigenvalue weighted by Crippen LogP contribution is 2.19. The van der Waals surface area contributed by atoms with Crippen molar-refractivity contribution < 1.29 is 0 Å². The van der Waals surface area contributed by atoms with E-state index in [0.717, 1.165) is 19.0 Å². The number of aryl methyl sites for hydroxylation is 2. The molecule has 3 atom stereocenters. The second kappa shape index (κ2) is 6.73. The van der Waals surface area contributed by atoms with Gasteiger partial charge in [0.1, 0.15) is 0 Å². The molecule has 0 spiro atoms. The molecule has 1 aliphatic rings. The Morgan fingerprint density at radius 2 is 2.05 bits per heavy atom. The smallest absolute Gasteiger partial charge is 0.0237 e. The molecule has 0 radical (unpaired) electrons. The molecular formula is C18H30N2. The number of benzene rings is 1. The summed E-state index contributed by atoms with van der Waals surface area (Å²) in [7, 11) is 0. The third kappa shape index (κ3) is 3.62. The highest BCUT2D eigenvalue weighted by molar-refractivity contribution is 5.29. The fourth-order valence-corrected chi connectivity index (χ4v) is 2.97. The van der Waals surface area contributed by atoms with Gasteiger partial charge in [0.05, 0.1) is 0 Å². The van der Waals surface area contributed by atoms with Crippen LogP contribution in [0.2, 0.25) is 0 Å². The molecule has 1 heterocycles. The Morgan fingerprint density at radius 1 is 1.30 bits per heavy atom. The van der Waals surface area contributed by atoms with Gasteiger partial charge in [0.25, 0.3) is 0 Å². The summed E-state index contributed by atoms with van der Waals surface area (Å²) >= 11 is 0. The van der Waals surface area contributed by atoms with Crippen LogP contribution in [0.15, 0.2) is 18.2 Å². The number of nitrogens with zero attached hydrogens (tertiary/aromatic N) is 1. The summed E-state index contributed by atoms with van der Waals surface area (Å²) in [6.07, 6.45) is 1.25. The van der Waals surface area contributed by atoms with Gasteiger partial charge < -0.3 is 5.32 Å². The molecule has 0 saturated carbocycles. The van der Waals surface area contributed by atoms with Gasteiger partial charge in [0.15, 0.2) is 0 Å². The molecule has 1 aromatic rings. The minimum atomic E-state index is 0.622. The van der Waals surface area contributed by atoms with Crippen LogP contribution in [0.3, 0.4) is 0 Å². The largest absolute Gasteiger partial charge is 0.311 e. The number of nitrogens with one attached hydrogen (secondary N) is 1. The van der Waals surface area contributed by atoms with Crippen LogP contribution >= 0.6 is 0 Å². The zero-order valence-corrected chi connectivity index (χ0v) is 13.7. The Balaban J connectivity index is 2.04. The van der Waals surface area contributed by atoms with E-state index in [-0.39, 0.29) is 0 Å². The van der Waals surface area contributed by atoms with Crippen molar-refractivity contribution in [3.8, 4) is 0 Å². The highest BCUT2D eigenvalue weighted by Gasteiger charge is 2.27. The minimum Gasteiger partial charge on any atom is -0.311 e. The van der Waals surface area contributed by atoms with Crippen molar-refractivity contribution in [1.82, 2.24) is 10.2 Å². The lowest BCUT2D eigenvalue weighted by molar-refractivity contribution is 0.112. The Morgan fingerprint density at radius 3 is 2.70 bits per heavy atom. The van der Waals surface area contributed by atoms with E-state index in [4.69, 9.17) is 0 Å². The van der Waals surface area contributed by atoms with Gasteiger partial charge in [0.2, 0.25) is 0 Å². The maximum absolute atomic E-state index is 3.71. The van der Waals surface area contributed by atoms with E-state index < -0.39 is 0 Å². The van der Waals surface area contributed by atoms with Gasteiger partial charge in [-0.2, -0.15) is 0 Å². The van der Waals surface area contributed by atoms with Gasteiger partial charge in [-0.15, -0.1) is 0 Å². The molecule has 0 aromatic heterocycles. The van der Waals surface area contributed by atoms with E-state index in [1.165, 1.54) is 29.7 Å². The van der Waals surface area contributed by atoms with Gasteiger partial charge in [-0.25, -0.2) is 0 Å². The molecule has 0 bridgehead atoms. The van der Waals surface area contributed by atoms with Crippen LogP contribution in [0.25, 0.3) is 0 Å². The first-order valence-electron chi connectivity index (χ1n) is 8.04. The lowest BCUT2D eigenvalue weighted by atomic mass is 9.95. The Hall–Kier alpha value is -0.860. The van der Waals surface area contributed by atoms with Crippen molar-refractivity contribution in [1.29, 1.82) is 0 Å². The summed E-state index contributed by atoms with van der Waals surface area (Å²) in [5.41, 5.74) is 4.24. The molecule has 1 aromatic carbocycles. The molecule has 112 valence electrons. The van der Waals surface area contributed by atoms with Crippen molar-refractivity contribution in [2.75, 3.05) is 13.1 Å². The average molecular weight is 274 g/mol. The summed E-state index contributed by atoms with van der Waals surface area (Å²) in [6.45, 7) is 14.7. The van der Waals surface area contributed by atoms with Crippen LogP contribution < -0.4 is 5.32 Å². The third-order valence-electron chi connectivity index (χ3n) is 5.02. The summed E-state index contributed by atoms with van der Waals surface area (Å²) in [5, 5.41) is 3.71. The summed E-state index contributed by atoms with van der Waals surface area (Å²) in [6, 6.07) is 8.15. The molecule has 1 aliphatic heterocycles. The van der Waals surface area contributed by atoms with Gasteiger partial charge >= 0.3 is 0 Å². The van der Waals surface area contributed by atoms with E-state index in [1.807, 2.05) is 0 Å². The van der Waals surface area contributed by atoms with Crippen LogP contribution in [-0.2, 0) is 6.54 Å². The number of rotatable bonds is 4. The fourth-order valence-electron chi connectivity index (χ4n) is 2.97. The van der Waals surface area contributed by atoms with Crippen molar-refractivity contribution in [3.63, 3.8) is 0 Å². The van der Waals surface area contributed by atoms with E-state index in [1.54, 1.807) is 0 Å². The van der Waals surface area contributed by atoms with Gasteiger partial charge in [-0.1, -0.05) is 38.5 Å². The number of hydrogen-bond donors (Lipinski definition) is 1. The molecule has 2 nitrogen and oxygen atoms in total. The Labute approximate surface area is 124 Å². The average Bonchev–Trinajstić information content (AvgIpc) is 2.44. The molecule has 0 amide bonds. The monoisotopic (exact) mass is 274 g/mol. The van der Waals surface area contributed by atoms with Crippen molar-refractivity contribution in [2.24, 2.45) is 5.92 Å². The molecule has 3 unspecified atom stereocenters. The standard InChI is InChI=1S/C18H30N2/c1-6-13(2)18-12-20(16(5)10-19-18)11-17-8-7-14(3)15(4)9-17/h7-9,13,16,18-19H,6,10-12H2,1-5H3. The van der Waals surface area contributed by atoms with E-state index in [0.29, 0.717) is 12.1 Å². The third-order valence-corrected chi connectivity index (χ3v) is 5.02. The van der Waals surface area contributed by atoms with Crippen LogP contribution in [0.4, 0.5) is 0 Å². The first-order valence-corrected chi connectivity index (χ1v) is 8.04. The predicted octanol–water partition coefficient (Wildman–Crippen LogP) is 3.51. The van der Waals surface area contributed by atoms with Crippen molar-refractivity contribution in [2.45, 2.75) is 59.7 Å². The first-order chi connectivity index (χ1) is 9.51. The molecule has 0 aliphatic carbocycles. The number of piperazine rings is 1. The van der Waals surface area contributed by atoms with Crippen LogP contribution in [0.5, 0.6) is 0 Å². The lowest BCUT2D eigenvalue weighted by Crippen LogP contribution is -2.56. The highest BCUT2D eigenvalue weighted by atomic mass is 15.2. The predicted molar refractivity (Wildman–Crippen MR) is 87.0 cm³/mol. The second-order valence-electron chi connectivity index (χ2n) is 6.60. The zero-order chi connectivity index (χ0) is 14.7. The van der Waals surface area contributed by atoms with Crippen molar-refractivity contribution >= 4 is 0 Å². The summed E-state index contributed by atoms with van der Waals surface area (Å²) < 4.78 is 0. The molecular weight excluding hydrogens is 244 g/mol. The quantitative estimate of drug-likeness (QED) is 0.904. The van der Waals surface area contributed by atoms with Gasteiger partial charge in [-0.05, 0) is 43.4 Å².